The normalized spacial score (nSPS) is 10.1. The largest absolute Gasteiger partial charge is 0.493 e. The molecule has 3 heteroatoms. The molecule has 0 aliphatic heterocycles. The van der Waals surface area contributed by atoms with Crippen LogP contribution in [0.2, 0.25) is 0 Å². The van der Waals surface area contributed by atoms with Crippen LogP contribution in [0.4, 0.5) is 0 Å². The van der Waals surface area contributed by atoms with Gasteiger partial charge < -0.3 is 14.6 Å². The minimum Gasteiger partial charge on any atom is -0.493 e. The Morgan fingerprint density at radius 3 is 2.40 bits per heavy atom. The molecular weight excluding hydrogens is 192 g/mol. The summed E-state index contributed by atoms with van der Waals surface area (Å²) >= 11 is 0. The quantitative estimate of drug-likeness (QED) is 0.805. The van der Waals surface area contributed by atoms with Crippen molar-refractivity contribution >= 4 is 0 Å². The van der Waals surface area contributed by atoms with Gasteiger partial charge in [0.1, 0.15) is 0 Å². The Labute approximate surface area is 90.6 Å². The summed E-state index contributed by atoms with van der Waals surface area (Å²) in [5, 5.41) is 8.96. The lowest BCUT2D eigenvalue weighted by Gasteiger charge is -2.15. The fourth-order valence-corrected chi connectivity index (χ4v) is 1.77. The SMILES string of the molecule is CCc1c(CCO)ccc(OC)c1OC. The fourth-order valence-electron chi connectivity index (χ4n) is 1.77. The van der Waals surface area contributed by atoms with Crippen molar-refractivity contribution < 1.29 is 14.6 Å². The summed E-state index contributed by atoms with van der Waals surface area (Å²) in [5.41, 5.74) is 2.24. The molecule has 1 rings (SSSR count). The van der Waals surface area contributed by atoms with Crippen molar-refractivity contribution in [3.05, 3.63) is 23.3 Å². The van der Waals surface area contributed by atoms with Gasteiger partial charge in [0.2, 0.25) is 0 Å². The molecule has 84 valence electrons. The van der Waals surface area contributed by atoms with E-state index in [0.717, 1.165) is 29.0 Å². The molecule has 0 heterocycles. The summed E-state index contributed by atoms with van der Waals surface area (Å²) < 4.78 is 10.6. The van der Waals surface area contributed by atoms with E-state index in [1.165, 1.54) is 0 Å². The van der Waals surface area contributed by atoms with Crippen LogP contribution in [-0.4, -0.2) is 25.9 Å². The van der Waals surface area contributed by atoms with E-state index < -0.39 is 0 Å². The number of ether oxygens (including phenoxy) is 2. The van der Waals surface area contributed by atoms with Gasteiger partial charge in [-0.1, -0.05) is 13.0 Å². The van der Waals surface area contributed by atoms with Gasteiger partial charge >= 0.3 is 0 Å². The van der Waals surface area contributed by atoms with E-state index in [0.29, 0.717) is 6.42 Å². The summed E-state index contributed by atoms with van der Waals surface area (Å²) in [7, 11) is 3.27. The molecule has 0 atom stereocenters. The topological polar surface area (TPSA) is 38.7 Å². The van der Waals surface area contributed by atoms with Gasteiger partial charge in [-0.25, -0.2) is 0 Å². The maximum absolute atomic E-state index is 8.96. The molecule has 0 unspecified atom stereocenters. The van der Waals surface area contributed by atoms with Crippen LogP contribution in [-0.2, 0) is 12.8 Å². The van der Waals surface area contributed by atoms with Crippen LogP contribution in [0.1, 0.15) is 18.1 Å². The van der Waals surface area contributed by atoms with Gasteiger partial charge in [0, 0.05) is 12.2 Å². The fraction of sp³-hybridized carbons (Fsp3) is 0.500. The lowest BCUT2D eigenvalue weighted by molar-refractivity contribution is 0.298. The second kappa shape index (κ2) is 5.61. The Balaban J connectivity index is 3.21. The Kier molecular flexibility index (Phi) is 4.43. The molecule has 1 aromatic rings. The van der Waals surface area contributed by atoms with Crippen LogP contribution < -0.4 is 9.47 Å². The van der Waals surface area contributed by atoms with Crippen LogP contribution >= 0.6 is 0 Å². The molecule has 0 aliphatic rings. The second-order valence-corrected chi connectivity index (χ2v) is 3.27. The number of aliphatic hydroxyl groups is 1. The molecule has 3 nitrogen and oxygen atoms in total. The first-order chi connectivity index (χ1) is 7.28. The average Bonchev–Trinajstić information content (AvgIpc) is 2.28. The maximum Gasteiger partial charge on any atom is 0.164 e. The molecule has 1 N–H and O–H groups in total. The molecule has 1 aromatic carbocycles. The van der Waals surface area contributed by atoms with Crippen LogP contribution in [0.3, 0.4) is 0 Å². The second-order valence-electron chi connectivity index (χ2n) is 3.27. The summed E-state index contributed by atoms with van der Waals surface area (Å²) in [4.78, 5) is 0. The lowest BCUT2D eigenvalue weighted by atomic mass is 10.0. The van der Waals surface area contributed by atoms with Crippen LogP contribution in [0.25, 0.3) is 0 Å². The molecule has 0 aliphatic carbocycles. The highest BCUT2D eigenvalue weighted by Crippen LogP contribution is 2.33. The van der Waals surface area contributed by atoms with E-state index in [2.05, 4.69) is 6.92 Å². The van der Waals surface area contributed by atoms with Crippen molar-refractivity contribution in [1.29, 1.82) is 0 Å². The van der Waals surface area contributed by atoms with Gasteiger partial charge in [0.25, 0.3) is 0 Å². The van der Waals surface area contributed by atoms with Crippen molar-refractivity contribution in [1.82, 2.24) is 0 Å². The van der Waals surface area contributed by atoms with E-state index >= 15 is 0 Å². The zero-order valence-electron chi connectivity index (χ0n) is 9.54. The number of methoxy groups -OCH3 is 2. The first kappa shape index (κ1) is 11.9. The van der Waals surface area contributed by atoms with Gasteiger partial charge in [0.05, 0.1) is 14.2 Å². The predicted molar refractivity (Wildman–Crippen MR) is 59.7 cm³/mol. The van der Waals surface area contributed by atoms with Gasteiger partial charge in [-0.2, -0.15) is 0 Å². The Hall–Kier alpha value is -1.22. The Bertz CT molecular complexity index is 321. The first-order valence-corrected chi connectivity index (χ1v) is 5.12. The monoisotopic (exact) mass is 210 g/mol. The third-order valence-corrected chi connectivity index (χ3v) is 2.48. The Morgan fingerprint density at radius 1 is 1.20 bits per heavy atom. The number of rotatable bonds is 5. The van der Waals surface area contributed by atoms with Crippen LogP contribution in [0.5, 0.6) is 11.5 Å². The van der Waals surface area contributed by atoms with Crippen molar-refractivity contribution in [2.75, 3.05) is 20.8 Å². The van der Waals surface area contributed by atoms with E-state index in [4.69, 9.17) is 14.6 Å². The molecule has 0 amide bonds. The Morgan fingerprint density at radius 2 is 1.93 bits per heavy atom. The number of aliphatic hydroxyl groups excluding tert-OH is 1. The van der Waals surface area contributed by atoms with Crippen molar-refractivity contribution in [3.8, 4) is 11.5 Å². The van der Waals surface area contributed by atoms with E-state index in [1.54, 1.807) is 14.2 Å². The summed E-state index contributed by atoms with van der Waals surface area (Å²) in [6.07, 6.45) is 1.53. The van der Waals surface area contributed by atoms with Crippen LogP contribution in [0, 0.1) is 0 Å². The van der Waals surface area contributed by atoms with E-state index in [9.17, 15) is 0 Å². The maximum atomic E-state index is 8.96. The minimum atomic E-state index is 0.155. The van der Waals surface area contributed by atoms with E-state index in [1.807, 2.05) is 12.1 Å². The molecule has 0 fully saturated rings. The number of hydrogen-bond acceptors (Lipinski definition) is 3. The molecule has 0 saturated heterocycles. The van der Waals surface area contributed by atoms with Gasteiger partial charge in [-0.15, -0.1) is 0 Å². The van der Waals surface area contributed by atoms with Gasteiger partial charge in [0.15, 0.2) is 11.5 Å². The van der Waals surface area contributed by atoms with Crippen molar-refractivity contribution in [3.63, 3.8) is 0 Å². The average molecular weight is 210 g/mol. The molecule has 0 aromatic heterocycles. The molecule has 0 spiro atoms. The predicted octanol–water partition coefficient (Wildman–Crippen LogP) is 1.80. The van der Waals surface area contributed by atoms with Crippen LogP contribution in [0.15, 0.2) is 12.1 Å². The smallest absolute Gasteiger partial charge is 0.164 e. The first-order valence-electron chi connectivity index (χ1n) is 5.12. The van der Waals surface area contributed by atoms with Crippen molar-refractivity contribution in [2.45, 2.75) is 19.8 Å². The molecular formula is C12H18O3. The van der Waals surface area contributed by atoms with Gasteiger partial charge in [-0.3, -0.25) is 0 Å². The van der Waals surface area contributed by atoms with Gasteiger partial charge in [-0.05, 0) is 24.5 Å². The highest BCUT2D eigenvalue weighted by Gasteiger charge is 2.12. The van der Waals surface area contributed by atoms with Crippen molar-refractivity contribution in [2.24, 2.45) is 0 Å². The lowest BCUT2D eigenvalue weighted by Crippen LogP contribution is -2.01. The zero-order chi connectivity index (χ0) is 11.3. The molecule has 0 radical (unpaired) electrons. The highest BCUT2D eigenvalue weighted by molar-refractivity contribution is 5.50. The third-order valence-electron chi connectivity index (χ3n) is 2.48. The summed E-state index contributed by atoms with van der Waals surface area (Å²) in [6, 6.07) is 3.86. The summed E-state index contributed by atoms with van der Waals surface area (Å²) in [6.45, 7) is 2.22. The minimum absolute atomic E-state index is 0.155. The zero-order valence-corrected chi connectivity index (χ0v) is 9.54. The summed E-state index contributed by atoms with van der Waals surface area (Å²) in [5.74, 6) is 1.53. The number of hydrogen-bond donors (Lipinski definition) is 1. The van der Waals surface area contributed by atoms with E-state index in [-0.39, 0.29) is 6.61 Å². The molecule has 15 heavy (non-hydrogen) atoms. The highest BCUT2D eigenvalue weighted by atomic mass is 16.5. The molecule has 0 saturated carbocycles. The molecule has 0 bridgehead atoms. The number of benzene rings is 1. The third kappa shape index (κ3) is 2.42. The standard InChI is InChI=1S/C12H18O3/c1-4-10-9(7-8-13)5-6-11(14-2)12(10)15-3/h5-6,13H,4,7-8H2,1-3H3.